The van der Waals surface area contributed by atoms with E-state index >= 15 is 0 Å². The van der Waals surface area contributed by atoms with Crippen molar-refractivity contribution in [2.24, 2.45) is 5.92 Å². The molecule has 0 saturated carbocycles. The van der Waals surface area contributed by atoms with E-state index in [1.165, 1.54) is 15.6 Å². The summed E-state index contributed by atoms with van der Waals surface area (Å²) in [6, 6.07) is 13.0. The first kappa shape index (κ1) is 21.0. The van der Waals surface area contributed by atoms with Crippen LogP contribution in [0, 0.1) is 19.8 Å². The van der Waals surface area contributed by atoms with Crippen molar-refractivity contribution >= 4 is 37.5 Å². The van der Waals surface area contributed by atoms with Crippen LogP contribution in [0.4, 0.5) is 0 Å². The lowest BCUT2D eigenvalue weighted by Gasteiger charge is -2.30. The number of sulfonamides is 1. The fraction of sp³-hybridized carbons (Fsp3) is 0.364. The van der Waals surface area contributed by atoms with Crippen molar-refractivity contribution in [1.29, 1.82) is 0 Å². The summed E-state index contributed by atoms with van der Waals surface area (Å²) in [7, 11) is -3.55. The smallest absolute Gasteiger partial charge is 0.309 e. The van der Waals surface area contributed by atoms with E-state index in [0.717, 1.165) is 26.4 Å². The Hall–Kier alpha value is -2.29. The second-order valence-electron chi connectivity index (χ2n) is 7.61. The minimum Gasteiger partial charge on any atom is -0.458 e. The van der Waals surface area contributed by atoms with Crippen molar-refractivity contribution in [2.45, 2.75) is 38.2 Å². The number of aryl methyl sites for hydroxylation is 2. The molecule has 1 saturated heterocycles. The van der Waals surface area contributed by atoms with Gasteiger partial charge >= 0.3 is 5.97 Å². The number of carbonyl (C=O) groups is 1. The molecule has 8 heteroatoms. The van der Waals surface area contributed by atoms with E-state index in [9.17, 15) is 13.2 Å². The van der Waals surface area contributed by atoms with Crippen LogP contribution in [0.2, 0.25) is 0 Å². The number of piperidine rings is 1. The van der Waals surface area contributed by atoms with Crippen LogP contribution >= 0.6 is 11.3 Å². The fourth-order valence-electron chi connectivity index (χ4n) is 3.59. The van der Waals surface area contributed by atoms with Crippen molar-refractivity contribution in [2.75, 3.05) is 13.1 Å². The van der Waals surface area contributed by atoms with Gasteiger partial charge in [0.1, 0.15) is 11.6 Å². The lowest BCUT2D eigenvalue weighted by Crippen LogP contribution is -2.40. The molecular formula is C22H24N2O4S2. The van der Waals surface area contributed by atoms with Crippen molar-refractivity contribution in [3.8, 4) is 0 Å². The largest absolute Gasteiger partial charge is 0.458 e. The number of rotatable bonds is 5. The molecule has 1 aromatic heterocycles. The van der Waals surface area contributed by atoms with Crippen LogP contribution in [0.5, 0.6) is 0 Å². The maximum atomic E-state index is 12.9. The Labute approximate surface area is 180 Å². The molecule has 0 spiro atoms. The number of benzene rings is 2. The lowest BCUT2D eigenvalue weighted by molar-refractivity contribution is -0.151. The second kappa shape index (κ2) is 8.45. The van der Waals surface area contributed by atoms with Gasteiger partial charge in [-0.25, -0.2) is 13.4 Å². The van der Waals surface area contributed by atoms with Crippen LogP contribution in [0.3, 0.4) is 0 Å². The number of ether oxygens (including phenoxy) is 1. The maximum Gasteiger partial charge on any atom is 0.309 e. The Kier molecular flexibility index (Phi) is 5.90. The molecule has 1 aliphatic heterocycles. The molecule has 3 aromatic rings. The summed E-state index contributed by atoms with van der Waals surface area (Å²) in [5, 5.41) is 0.763. The number of hydrogen-bond donors (Lipinski definition) is 0. The number of esters is 1. The molecule has 0 N–H and O–H groups in total. The van der Waals surface area contributed by atoms with Crippen molar-refractivity contribution in [3.05, 3.63) is 58.6 Å². The second-order valence-corrected chi connectivity index (χ2v) is 10.7. The Balaban J connectivity index is 1.34. The molecule has 6 nitrogen and oxygen atoms in total. The minimum absolute atomic E-state index is 0.152. The lowest BCUT2D eigenvalue weighted by atomic mass is 9.98. The highest BCUT2D eigenvalue weighted by Crippen LogP contribution is 2.27. The molecule has 0 atom stereocenters. The molecule has 0 radical (unpaired) electrons. The third-order valence-electron chi connectivity index (χ3n) is 5.58. The first-order valence-corrected chi connectivity index (χ1v) is 12.2. The van der Waals surface area contributed by atoms with Crippen LogP contribution in [-0.2, 0) is 26.2 Å². The Morgan fingerprint density at radius 1 is 1.13 bits per heavy atom. The van der Waals surface area contributed by atoms with Crippen LogP contribution in [0.15, 0.2) is 47.4 Å². The molecule has 0 unspecified atom stereocenters. The Morgan fingerprint density at radius 3 is 2.57 bits per heavy atom. The van der Waals surface area contributed by atoms with Crippen LogP contribution < -0.4 is 0 Å². The maximum absolute atomic E-state index is 12.9. The van der Waals surface area contributed by atoms with Crippen molar-refractivity contribution in [1.82, 2.24) is 9.29 Å². The van der Waals surface area contributed by atoms with E-state index in [2.05, 4.69) is 4.98 Å². The SMILES string of the molecule is Cc1ccc(S(=O)(=O)N2CCC(C(=O)OCc3nc4ccccc4s3)CC2)cc1C. The van der Waals surface area contributed by atoms with Gasteiger partial charge in [0.2, 0.25) is 10.0 Å². The van der Waals surface area contributed by atoms with Crippen LogP contribution in [0.25, 0.3) is 10.2 Å². The average Bonchev–Trinajstić information content (AvgIpc) is 3.17. The number of carbonyl (C=O) groups excluding carboxylic acids is 1. The normalized spacial score (nSPS) is 16.1. The third-order valence-corrected chi connectivity index (χ3v) is 8.48. The van der Waals surface area contributed by atoms with Crippen molar-refractivity contribution < 1.29 is 17.9 Å². The molecule has 30 heavy (non-hydrogen) atoms. The zero-order chi connectivity index (χ0) is 21.3. The summed E-state index contributed by atoms with van der Waals surface area (Å²) in [6.45, 7) is 4.64. The first-order chi connectivity index (χ1) is 14.3. The Morgan fingerprint density at radius 2 is 1.87 bits per heavy atom. The van der Waals surface area contributed by atoms with E-state index in [1.54, 1.807) is 12.1 Å². The van der Waals surface area contributed by atoms with Gasteiger partial charge in [0.15, 0.2) is 0 Å². The number of hydrogen-bond acceptors (Lipinski definition) is 6. The number of para-hydroxylation sites is 1. The van der Waals surface area contributed by atoms with Gasteiger partial charge in [0, 0.05) is 13.1 Å². The van der Waals surface area contributed by atoms with Gasteiger partial charge < -0.3 is 4.74 Å². The van der Waals surface area contributed by atoms with E-state index in [0.29, 0.717) is 30.8 Å². The van der Waals surface area contributed by atoms with E-state index in [1.807, 2.05) is 44.2 Å². The molecular weight excluding hydrogens is 420 g/mol. The summed E-state index contributed by atoms with van der Waals surface area (Å²) in [5.74, 6) is -0.567. The quantitative estimate of drug-likeness (QED) is 0.555. The fourth-order valence-corrected chi connectivity index (χ4v) is 6.02. The molecule has 0 aliphatic carbocycles. The molecule has 158 valence electrons. The summed E-state index contributed by atoms with van der Waals surface area (Å²) >= 11 is 1.51. The van der Waals surface area contributed by atoms with Gasteiger partial charge in [-0.2, -0.15) is 4.31 Å². The predicted octanol–water partition coefficient (Wildman–Crippen LogP) is 4.06. The van der Waals surface area contributed by atoms with Crippen molar-refractivity contribution in [3.63, 3.8) is 0 Å². The third kappa shape index (κ3) is 4.26. The van der Waals surface area contributed by atoms with E-state index in [-0.39, 0.29) is 18.5 Å². The molecule has 0 bridgehead atoms. The van der Waals surface area contributed by atoms with Gasteiger partial charge in [-0.3, -0.25) is 4.79 Å². The van der Waals surface area contributed by atoms with Gasteiger partial charge in [-0.1, -0.05) is 18.2 Å². The zero-order valence-corrected chi connectivity index (χ0v) is 18.6. The van der Waals surface area contributed by atoms with Crippen LogP contribution in [0.1, 0.15) is 29.0 Å². The first-order valence-electron chi connectivity index (χ1n) is 9.93. The molecule has 4 rings (SSSR count). The number of fused-ring (bicyclic) bond motifs is 1. The highest BCUT2D eigenvalue weighted by atomic mass is 32.2. The highest BCUT2D eigenvalue weighted by Gasteiger charge is 2.33. The molecule has 2 heterocycles. The monoisotopic (exact) mass is 444 g/mol. The molecule has 0 amide bonds. The average molecular weight is 445 g/mol. The topological polar surface area (TPSA) is 76.6 Å². The minimum atomic E-state index is -3.55. The predicted molar refractivity (Wildman–Crippen MR) is 117 cm³/mol. The summed E-state index contributed by atoms with van der Waals surface area (Å²) in [5.41, 5.74) is 2.91. The molecule has 2 aromatic carbocycles. The van der Waals surface area contributed by atoms with E-state index < -0.39 is 10.0 Å². The van der Waals surface area contributed by atoms with Gasteiger partial charge in [0.25, 0.3) is 0 Å². The zero-order valence-electron chi connectivity index (χ0n) is 17.0. The standard InChI is InChI=1S/C22H24N2O4S2/c1-15-7-8-18(13-16(15)2)30(26,27)24-11-9-17(10-12-24)22(25)28-14-21-23-19-5-3-4-6-20(19)29-21/h3-8,13,17H,9-12,14H2,1-2H3. The summed E-state index contributed by atoms with van der Waals surface area (Å²) in [6.07, 6.45) is 0.922. The van der Waals surface area contributed by atoms with Gasteiger partial charge in [-0.05, 0) is 62.1 Å². The number of thiazole rings is 1. The molecule has 1 fully saturated rings. The van der Waals surface area contributed by atoms with Gasteiger partial charge in [0.05, 0.1) is 21.0 Å². The van der Waals surface area contributed by atoms with Crippen LogP contribution in [-0.4, -0.2) is 36.8 Å². The van der Waals surface area contributed by atoms with Gasteiger partial charge in [-0.15, -0.1) is 11.3 Å². The van der Waals surface area contributed by atoms with E-state index in [4.69, 9.17) is 4.74 Å². The highest BCUT2D eigenvalue weighted by molar-refractivity contribution is 7.89. The molecule has 1 aliphatic rings. The number of aromatic nitrogens is 1. The Bertz CT molecular complexity index is 1150. The summed E-state index contributed by atoms with van der Waals surface area (Å²) in [4.78, 5) is 17.3. The summed E-state index contributed by atoms with van der Waals surface area (Å²) < 4.78 is 33.9. The number of nitrogens with zero attached hydrogens (tertiary/aromatic N) is 2.